The summed E-state index contributed by atoms with van der Waals surface area (Å²) < 4.78 is 5.42. The normalized spacial score (nSPS) is 16.6. The van der Waals surface area contributed by atoms with Crippen LogP contribution in [0.15, 0.2) is 24.3 Å². The lowest BCUT2D eigenvalue weighted by atomic mass is 10.1. The third-order valence-corrected chi connectivity index (χ3v) is 3.45. The summed E-state index contributed by atoms with van der Waals surface area (Å²) in [6.45, 7) is 3.91. The van der Waals surface area contributed by atoms with Gasteiger partial charge in [-0.05, 0) is 44.0 Å². The molecule has 1 fully saturated rings. The van der Waals surface area contributed by atoms with Gasteiger partial charge in [0.25, 0.3) is 0 Å². The van der Waals surface area contributed by atoms with Gasteiger partial charge >= 0.3 is 0 Å². The summed E-state index contributed by atoms with van der Waals surface area (Å²) in [7, 11) is 2.07. The van der Waals surface area contributed by atoms with Crippen molar-refractivity contribution in [2.24, 2.45) is 5.41 Å². The van der Waals surface area contributed by atoms with Crippen LogP contribution < -0.4 is 9.64 Å². The second kappa shape index (κ2) is 4.96. The molecule has 1 aromatic carbocycles. The zero-order valence-electron chi connectivity index (χ0n) is 10.6. The van der Waals surface area contributed by atoms with Crippen LogP contribution in [0.2, 0.25) is 0 Å². The van der Waals surface area contributed by atoms with E-state index in [4.69, 9.17) is 4.74 Å². The van der Waals surface area contributed by atoms with E-state index in [1.54, 1.807) is 0 Å². The molecule has 0 atom stereocenters. The number of nitrogens with zero attached hydrogens (tertiary/aromatic N) is 1. The van der Waals surface area contributed by atoms with Crippen LogP contribution in [0.4, 0.5) is 5.69 Å². The molecular formula is C14H21NO2. The van der Waals surface area contributed by atoms with Crippen molar-refractivity contribution in [3.05, 3.63) is 24.3 Å². The lowest BCUT2D eigenvalue weighted by Gasteiger charge is -2.24. The zero-order valence-corrected chi connectivity index (χ0v) is 10.6. The number of benzene rings is 1. The highest BCUT2D eigenvalue weighted by Gasteiger charge is 2.42. The van der Waals surface area contributed by atoms with Gasteiger partial charge in [0.15, 0.2) is 0 Å². The predicted molar refractivity (Wildman–Crippen MR) is 69.6 cm³/mol. The Bertz CT molecular complexity index is 357. The molecular weight excluding hydrogens is 214 g/mol. The van der Waals surface area contributed by atoms with E-state index in [0.717, 1.165) is 25.1 Å². The molecule has 0 aliphatic heterocycles. The lowest BCUT2D eigenvalue weighted by molar-refractivity contribution is 0.215. The number of anilines is 1. The number of ether oxygens (including phenoxy) is 1. The molecule has 0 amide bonds. The number of aliphatic hydroxyl groups is 1. The fourth-order valence-corrected chi connectivity index (χ4v) is 2.10. The largest absolute Gasteiger partial charge is 0.494 e. The average Bonchev–Trinajstić information content (AvgIpc) is 3.11. The van der Waals surface area contributed by atoms with Crippen molar-refractivity contribution in [1.29, 1.82) is 0 Å². The first-order valence-corrected chi connectivity index (χ1v) is 6.24. The zero-order chi connectivity index (χ0) is 12.3. The first-order chi connectivity index (χ1) is 8.19. The molecule has 0 heterocycles. The summed E-state index contributed by atoms with van der Waals surface area (Å²) in [6, 6.07) is 8.12. The van der Waals surface area contributed by atoms with Gasteiger partial charge in [-0.2, -0.15) is 0 Å². The van der Waals surface area contributed by atoms with Crippen molar-refractivity contribution in [3.63, 3.8) is 0 Å². The summed E-state index contributed by atoms with van der Waals surface area (Å²) in [5, 5.41) is 9.32. The van der Waals surface area contributed by atoms with E-state index in [1.807, 2.05) is 19.1 Å². The Morgan fingerprint density at radius 3 is 2.41 bits per heavy atom. The Morgan fingerprint density at radius 2 is 1.94 bits per heavy atom. The van der Waals surface area contributed by atoms with E-state index in [2.05, 4.69) is 24.1 Å². The highest BCUT2D eigenvalue weighted by atomic mass is 16.5. The molecule has 2 rings (SSSR count). The highest BCUT2D eigenvalue weighted by molar-refractivity contribution is 5.48. The average molecular weight is 235 g/mol. The van der Waals surface area contributed by atoms with E-state index < -0.39 is 0 Å². The molecule has 0 bridgehead atoms. The van der Waals surface area contributed by atoms with E-state index >= 15 is 0 Å². The number of rotatable bonds is 6. The van der Waals surface area contributed by atoms with Gasteiger partial charge < -0.3 is 14.7 Å². The summed E-state index contributed by atoms with van der Waals surface area (Å²) in [5.41, 5.74) is 1.33. The van der Waals surface area contributed by atoms with Gasteiger partial charge in [0.2, 0.25) is 0 Å². The van der Waals surface area contributed by atoms with Crippen LogP contribution in [0.5, 0.6) is 5.75 Å². The predicted octanol–water partition coefficient (Wildman–Crippen LogP) is 2.29. The van der Waals surface area contributed by atoms with Crippen LogP contribution in [0, 0.1) is 5.41 Å². The minimum atomic E-state index is 0.160. The van der Waals surface area contributed by atoms with Crippen molar-refractivity contribution in [2.75, 3.05) is 31.7 Å². The molecule has 0 aromatic heterocycles. The van der Waals surface area contributed by atoms with E-state index in [0.29, 0.717) is 13.2 Å². The third kappa shape index (κ3) is 2.91. The van der Waals surface area contributed by atoms with Gasteiger partial charge in [-0.1, -0.05) is 0 Å². The van der Waals surface area contributed by atoms with Gasteiger partial charge in [-0.25, -0.2) is 0 Å². The summed E-state index contributed by atoms with van der Waals surface area (Å²) in [4.78, 5) is 2.21. The van der Waals surface area contributed by atoms with E-state index in [9.17, 15) is 5.11 Å². The molecule has 1 saturated carbocycles. The summed E-state index contributed by atoms with van der Waals surface area (Å²) >= 11 is 0. The minimum Gasteiger partial charge on any atom is -0.494 e. The quantitative estimate of drug-likeness (QED) is 0.821. The van der Waals surface area contributed by atoms with Crippen molar-refractivity contribution in [2.45, 2.75) is 19.8 Å². The van der Waals surface area contributed by atoms with Gasteiger partial charge in [0.1, 0.15) is 5.75 Å². The smallest absolute Gasteiger partial charge is 0.119 e. The summed E-state index contributed by atoms with van der Waals surface area (Å²) in [5.74, 6) is 0.910. The molecule has 1 N–H and O–H groups in total. The number of hydrogen-bond donors (Lipinski definition) is 1. The maximum Gasteiger partial charge on any atom is 0.119 e. The Morgan fingerprint density at radius 1 is 1.29 bits per heavy atom. The second-order valence-electron chi connectivity index (χ2n) is 4.94. The van der Waals surface area contributed by atoms with E-state index in [1.165, 1.54) is 5.69 Å². The second-order valence-corrected chi connectivity index (χ2v) is 4.94. The third-order valence-electron chi connectivity index (χ3n) is 3.45. The lowest BCUT2D eigenvalue weighted by Crippen LogP contribution is -2.28. The van der Waals surface area contributed by atoms with Gasteiger partial charge in [-0.15, -0.1) is 0 Å². The Labute approximate surface area is 103 Å². The van der Waals surface area contributed by atoms with Crippen LogP contribution in [0.1, 0.15) is 19.8 Å². The van der Waals surface area contributed by atoms with Crippen LogP contribution in [-0.4, -0.2) is 31.9 Å². The van der Waals surface area contributed by atoms with Crippen LogP contribution in [-0.2, 0) is 0 Å². The Hall–Kier alpha value is -1.22. The number of aliphatic hydroxyl groups excluding tert-OH is 1. The van der Waals surface area contributed by atoms with Gasteiger partial charge in [-0.3, -0.25) is 0 Å². The van der Waals surface area contributed by atoms with E-state index in [-0.39, 0.29) is 5.41 Å². The topological polar surface area (TPSA) is 32.7 Å². The summed E-state index contributed by atoms with van der Waals surface area (Å²) in [6.07, 6.45) is 2.29. The molecule has 94 valence electrons. The fraction of sp³-hybridized carbons (Fsp3) is 0.571. The maximum atomic E-state index is 9.32. The monoisotopic (exact) mass is 235 g/mol. The van der Waals surface area contributed by atoms with Crippen LogP contribution in [0.25, 0.3) is 0 Å². The van der Waals surface area contributed by atoms with Crippen molar-refractivity contribution in [1.82, 2.24) is 0 Å². The molecule has 3 nitrogen and oxygen atoms in total. The molecule has 1 aromatic rings. The fourth-order valence-electron chi connectivity index (χ4n) is 2.10. The van der Waals surface area contributed by atoms with Crippen molar-refractivity contribution >= 4 is 5.69 Å². The SMILES string of the molecule is CCOc1ccc(N(C)CC2(CO)CC2)cc1. The first-order valence-electron chi connectivity index (χ1n) is 6.24. The van der Waals surface area contributed by atoms with Crippen molar-refractivity contribution < 1.29 is 9.84 Å². The van der Waals surface area contributed by atoms with Gasteiger partial charge in [0, 0.05) is 24.7 Å². The minimum absolute atomic E-state index is 0.160. The van der Waals surface area contributed by atoms with Crippen molar-refractivity contribution in [3.8, 4) is 5.75 Å². The molecule has 0 saturated heterocycles. The van der Waals surface area contributed by atoms with Gasteiger partial charge in [0.05, 0.1) is 13.2 Å². The molecule has 3 heteroatoms. The maximum absolute atomic E-state index is 9.32. The Kier molecular flexibility index (Phi) is 3.57. The van der Waals surface area contributed by atoms with Crippen LogP contribution in [0.3, 0.4) is 0 Å². The molecule has 1 aliphatic rings. The number of hydrogen-bond acceptors (Lipinski definition) is 3. The highest BCUT2D eigenvalue weighted by Crippen LogP contribution is 2.45. The first kappa shape index (κ1) is 12.2. The molecule has 17 heavy (non-hydrogen) atoms. The Balaban J connectivity index is 1.96. The molecule has 0 spiro atoms. The standard InChI is InChI=1S/C14H21NO2/c1-3-17-13-6-4-12(5-7-13)15(2)10-14(11-16)8-9-14/h4-7,16H,3,8-11H2,1-2H3. The molecule has 1 aliphatic carbocycles. The van der Waals surface area contributed by atoms with Crippen LogP contribution >= 0.6 is 0 Å². The molecule has 0 radical (unpaired) electrons. The molecule has 0 unspecified atom stereocenters.